The Morgan fingerprint density at radius 2 is 2.16 bits per heavy atom. The van der Waals surface area contributed by atoms with Crippen molar-refractivity contribution in [1.82, 2.24) is 9.97 Å². The van der Waals surface area contributed by atoms with Crippen molar-refractivity contribution < 1.29 is 9.66 Å². The minimum Gasteiger partial charge on any atom is -0.379 e. The Balaban J connectivity index is 2.27. The minimum absolute atomic E-state index is 0.0447. The van der Waals surface area contributed by atoms with Gasteiger partial charge in [-0.25, -0.2) is 9.97 Å². The van der Waals surface area contributed by atoms with Gasteiger partial charge in [-0.05, 0) is 19.3 Å². The summed E-state index contributed by atoms with van der Waals surface area (Å²) in [5.41, 5.74) is -0.133. The van der Waals surface area contributed by atoms with E-state index in [0.29, 0.717) is 0 Å². The van der Waals surface area contributed by atoms with Gasteiger partial charge in [0.05, 0.1) is 17.1 Å². The summed E-state index contributed by atoms with van der Waals surface area (Å²) < 4.78 is 5.36. The van der Waals surface area contributed by atoms with Crippen LogP contribution in [0.25, 0.3) is 0 Å². The molecule has 1 aliphatic carbocycles. The highest BCUT2D eigenvalue weighted by Gasteiger charge is 2.31. The van der Waals surface area contributed by atoms with Crippen LogP contribution in [0.2, 0.25) is 0 Å². The fourth-order valence-electron chi connectivity index (χ4n) is 2.39. The standard InChI is InChI=1S/C11H17N5O3/c1-12-10-9(16(17)18)11(14-6-13-10)15-7-4-3-5-8(7)19-2/h6-8H,3-5H2,1-2H3,(H2,12,13,14,15). The van der Waals surface area contributed by atoms with Crippen molar-refractivity contribution in [2.75, 3.05) is 24.8 Å². The van der Waals surface area contributed by atoms with E-state index in [9.17, 15) is 10.1 Å². The monoisotopic (exact) mass is 267 g/mol. The highest BCUT2D eigenvalue weighted by molar-refractivity contribution is 5.69. The zero-order chi connectivity index (χ0) is 13.8. The average Bonchev–Trinajstić information content (AvgIpc) is 2.85. The Bertz CT molecular complexity index is 468. The average molecular weight is 267 g/mol. The van der Waals surface area contributed by atoms with Crippen molar-refractivity contribution in [3.63, 3.8) is 0 Å². The van der Waals surface area contributed by atoms with Crippen molar-refractivity contribution in [1.29, 1.82) is 0 Å². The number of rotatable bonds is 5. The second-order valence-corrected chi connectivity index (χ2v) is 4.38. The molecule has 8 heteroatoms. The van der Waals surface area contributed by atoms with Gasteiger partial charge < -0.3 is 15.4 Å². The topological polar surface area (TPSA) is 102 Å². The van der Waals surface area contributed by atoms with E-state index in [1.807, 2.05) is 0 Å². The number of nitrogens with zero attached hydrogens (tertiary/aromatic N) is 3. The number of nitro groups is 1. The maximum atomic E-state index is 11.1. The summed E-state index contributed by atoms with van der Waals surface area (Å²) in [4.78, 5) is 18.5. The van der Waals surface area contributed by atoms with Crippen molar-refractivity contribution in [2.45, 2.75) is 31.4 Å². The molecule has 0 spiro atoms. The molecule has 0 saturated heterocycles. The molecule has 0 bridgehead atoms. The van der Waals surface area contributed by atoms with Gasteiger partial charge in [0, 0.05) is 14.2 Å². The molecular formula is C11H17N5O3. The number of anilines is 2. The summed E-state index contributed by atoms with van der Waals surface area (Å²) in [6, 6.07) is 0.0447. The molecule has 8 nitrogen and oxygen atoms in total. The normalized spacial score (nSPS) is 22.2. The first-order chi connectivity index (χ1) is 9.17. The molecule has 1 aromatic heterocycles. The predicted octanol–water partition coefficient (Wildman–Crippen LogP) is 1.41. The highest BCUT2D eigenvalue weighted by atomic mass is 16.6. The molecule has 2 N–H and O–H groups in total. The summed E-state index contributed by atoms with van der Waals surface area (Å²) in [5, 5.41) is 17.0. The van der Waals surface area contributed by atoms with Gasteiger partial charge in [0.15, 0.2) is 0 Å². The van der Waals surface area contributed by atoms with Crippen LogP contribution in [0.1, 0.15) is 19.3 Å². The van der Waals surface area contributed by atoms with E-state index in [1.165, 1.54) is 6.33 Å². The molecule has 2 atom stereocenters. The summed E-state index contributed by atoms with van der Waals surface area (Å²) in [6.45, 7) is 0. The fourth-order valence-corrected chi connectivity index (χ4v) is 2.39. The molecule has 2 rings (SSSR count). The van der Waals surface area contributed by atoms with E-state index in [0.717, 1.165) is 19.3 Å². The van der Waals surface area contributed by atoms with Gasteiger partial charge in [-0.15, -0.1) is 0 Å². The van der Waals surface area contributed by atoms with Crippen LogP contribution in [0.15, 0.2) is 6.33 Å². The van der Waals surface area contributed by atoms with Crippen LogP contribution < -0.4 is 10.6 Å². The van der Waals surface area contributed by atoms with E-state index in [1.54, 1.807) is 14.2 Å². The van der Waals surface area contributed by atoms with Crippen molar-refractivity contribution in [3.8, 4) is 0 Å². The van der Waals surface area contributed by atoms with E-state index in [4.69, 9.17) is 4.74 Å². The molecule has 0 aliphatic heterocycles. The van der Waals surface area contributed by atoms with Gasteiger partial charge in [-0.1, -0.05) is 0 Å². The van der Waals surface area contributed by atoms with Gasteiger partial charge in [-0.2, -0.15) is 0 Å². The number of hydrogen-bond acceptors (Lipinski definition) is 7. The zero-order valence-electron chi connectivity index (χ0n) is 10.9. The van der Waals surface area contributed by atoms with Gasteiger partial charge in [0.25, 0.3) is 0 Å². The maximum absolute atomic E-state index is 11.1. The van der Waals surface area contributed by atoms with Gasteiger partial charge in [-0.3, -0.25) is 10.1 Å². The van der Waals surface area contributed by atoms with Crippen LogP contribution >= 0.6 is 0 Å². The summed E-state index contributed by atoms with van der Waals surface area (Å²) in [7, 11) is 3.24. The van der Waals surface area contributed by atoms with Crippen molar-refractivity contribution >= 4 is 17.3 Å². The molecule has 0 aromatic carbocycles. The summed E-state index contributed by atoms with van der Waals surface area (Å²) >= 11 is 0. The van der Waals surface area contributed by atoms with Crippen LogP contribution in [0, 0.1) is 10.1 Å². The third-order valence-corrected chi connectivity index (χ3v) is 3.32. The maximum Gasteiger partial charge on any atom is 0.353 e. The Kier molecular flexibility index (Phi) is 4.10. The Morgan fingerprint density at radius 1 is 1.42 bits per heavy atom. The van der Waals surface area contributed by atoms with Gasteiger partial charge in [0.1, 0.15) is 6.33 Å². The number of ether oxygens (including phenoxy) is 1. The van der Waals surface area contributed by atoms with E-state index in [2.05, 4.69) is 20.6 Å². The Labute approximate surface area is 110 Å². The minimum atomic E-state index is -0.481. The van der Waals surface area contributed by atoms with Crippen molar-refractivity contribution in [3.05, 3.63) is 16.4 Å². The Morgan fingerprint density at radius 3 is 2.79 bits per heavy atom. The number of hydrogen-bond donors (Lipinski definition) is 2. The van der Waals surface area contributed by atoms with Crippen molar-refractivity contribution in [2.24, 2.45) is 0 Å². The second-order valence-electron chi connectivity index (χ2n) is 4.38. The Hall–Kier alpha value is -1.96. The van der Waals surface area contributed by atoms with Crippen LogP contribution in [0.3, 0.4) is 0 Å². The van der Waals surface area contributed by atoms with Crippen LogP contribution in [-0.4, -0.2) is 41.2 Å². The van der Waals surface area contributed by atoms with Crippen LogP contribution in [-0.2, 0) is 4.74 Å². The van der Waals surface area contributed by atoms with E-state index < -0.39 is 4.92 Å². The smallest absolute Gasteiger partial charge is 0.353 e. The van der Waals surface area contributed by atoms with Gasteiger partial charge in [0.2, 0.25) is 11.6 Å². The van der Waals surface area contributed by atoms with Gasteiger partial charge >= 0.3 is 5.69 Å². The first-order valence-electron chi connectivity index (χ1n) is 6.13. The zero-order valence-corrected chi connectivity index (χ0v) is 10.9. The SMILES string of the molecule is CNc1ncnc(NC2CCCC2OC)c1[N+](=O)[O-]. The second kappa shape index (κ2) is 5.79. The molecule has 2 unspecified atom stereocenters. The number of methoxy groups -OCH3 is 1. The van der Waals surface area contributed by atoms with Crippen LogP contribution in [0.5, 0.6) is 0 Å². The molecule has 1 aromatic rings. The predicted molar refractivity (Wildman–Crippen MR) is 70.3 cm³/mol. The number of aromatic nitrogens is 2. The largest absolute Gasteiger partial charge is 0.379 e. The summed E-state index contributed by atoms with van der Waals surface area (Å²) in [6.07, 6.45) is 4.26. The molecule has 1 saturated carbocycles. The molecule has 1 fully saturated rings. The summed E-state index contributed by atoms with van der Waals surface area (Å²) in [5.74, 6) is 0.438. The lowest BCUT2D eigenvalue weighted by Crippen LogP contribution is -2.30. The molecular weight excluding hydrogens is 250 g/mol. The van der Waals surface area contributed by atoms with Crippen LogP contribution in [0.4, 0.5) is 17.3 Å². The lowest BCUT2D eigenvalue weighted by molar-refractivity contribution is -0.383. The lowest BCUT2D eigenvalue weighted by atomic mass is 10.2. The van der Waals surface area contributed by atoms with E-state index >= 15 is 0 Å². The quantitative estimate of drug-likeness (QED) is 0.614. The molecule has 19 heavy (non-hydrogen) atoms. The number of nitrogens with one attached hydrogen (secondary N) is 2. The third-order valence-electron chi connectivity index (χ3n) is 3.32. The highest BCUT2D eigenvalue weighted by Crippen LogP contribution is 2.32. The third kappa shape index (κ3) is 2.73. The molecule has 1 heterocycles. The molecule has 0 radical (unpaired) electrons. The first kappa shape index (κ1) is 13.5. The lowest BCUT2D eigenvalue weighted by Gasteiger charge is -2.20. The molecule has 0 amide bonds. The molecule has 104 valence electrons. The van der Waals surface area contributed by atoms with E-state index in [-0.39, 0.29) is 29.5 Å². The first-order valence-corrected chi connectivity index (χ1v) is 6.13. The fraction of sp³-hybridized carbons (Fsp3) is 0.636. The molecule has 1 aliphatic rings.